The van der Waals surface area contributed by atoms with Crippen molar-refractivity contribution in [1.82, 2.24) is 9.78 Å². The highest BCUT2D eigenvalue weighted by Gasteiger charge is 2.22. The summed E-state index contributed by atoms with van der Waals surface area (Å²) in [7, 11) is 1.58. The number of carbonyl (C=O) groups is 1. The summed E-state index contributed by atoms with van der Waals surface area (Å²) >= 11 is 1.55. The lowest BCUT2D eigenvalue weighted by Crippen LogP contribution is -2.33. The van der Waals surface area contributed by atoms with Gasteiger partial charge in [-0.25, -0.2) is 4.68 Å². The molecule has 1 amide bonds. The van der Waals surface area contributed by atoms with Crippen LogP contribution in [-0.2, 0) is 4.79 Å². The van der Waals surface area contributed by atoms with Crippen molar-refractivity contribution in [1.29, 1.82) is 0 Å². The van der Waals surface area contributed by atoms with Crippen LogP contribution in [0.1, 0.15) is 18.7 Å². The van der Waals surface area contributed by atoms with Gasteiger partial charge in [0.1, 0.15) is 11.8 Å². The molecule has 1 atom stereocenters. The third-order valence-electron chi connectivity index (χ3n) is 4.71. The van der Waals surface area contributed by atoms with Crippen LogP contribution in [0.25, 0.3) is 20.2 Å². The maximum absolute atomic E-state index is 13.1. The molecular formula is C21H19N3O3S. The molecule has 0 aliphatic rings. The van der Waals surface area contributed by atoms with Gasteiger partial charge in [-0.05, 0) is 44.2 Å². The second-order valence-electron chi connectivity index (χ2n) is 6.53. The molecule has 7 heteroatoms. The van der Waals surface area contributed by atoms with Gasteiger partial charge in [0.2, 0.25) is 5.91 Å². The number of aryl methyl sites for hydroxylation is 1. The Morgan fingerprint density at radius 3 is 2.61 bits per heavy atom. The van der Waals surface area contributed by atoms with Crippen molar-refractivity contribution in [3.8, 4) is 5.75 Å². The Bertz CT molecular complexity index is 1240. The molecule has 6 nitrogen and oxygen atoms in total. The number of anilines is 1. The van der Waals surface area contributed by atoms with Gasteiger partial charge in [0.15, 0.2) is 0 Å². The standard InChI is InChI=1S/C21H19N3O3S/c1-12-19-18(16-6-4-5-7-17(16)28-19)21(26)24(23-12)13(2)20(25)22-14-8-10-15(27-3)11-9-14/h4-11,13H,1-3H3,(H,22,25). The van der Waals surface area contributed by atoms with Crippen molar-refractivity contribution in [2.75, 3.05) is 12.4 Å². The molecule has 28 heavy (non-hydrogen) atoms. The van der Waals surface area contributed by atoms with Crippen LogP contribution in [0.5, 0.6) is 5.75 Å². The van der Waals surface area contributed by atoms with Gasteiger partial charge >= 0.3 is 0 Å². The number of hydrogen-bond donors (Lipinski definition) is 1. The summed E-state index contributed by atoms with van der Waals surface area (Å²) in [6.07, 6.45) is 0. The number of nitrogens with one attached hydrogen (secondary N) is 1. The highest BCUT2D eigenvalue weighted by Crippen LogP contribution is 2.33. The minimum absolute atomic E-state index is 0.254. The average molecular weight is 393 g/mol. The fraction of sp³-hybridized carbons (Fsp3) is 0.190. The topological polar surface area (TPSA) is 73.2 Å². The molecule has 0 saturated carbocycles. The molecule has 1 unspecified atom stereocenters. The number of methoxy groups -OCH3 is 1. The molecule has 0 fully saturated rings. The summed E-state index contributed by atoms with van der Waals surface area (Å²) in [6, 6.07) is 14.1. The normalized spacial score (nSPS) is 12.2. The van der Waals surface area contributed by atoms with E-state index in [0.717, 1.165) is 20.5 Å². The molecular weight excluding hydrogens is 374 g/mol. The number of fused-ring (bicyclic) bond motifs is 3. The van der Waals surface area contributed by atoms with Crippen LogP contribution in [-0.4, -0.2) is 22.8 Å². The van der Waals surface area contributed by atoms with Crippen molar-refractivity contribution in [2.24, 2.45) is 0 Å². The minimum Gasteiger partial charge on any atom is -0.497 e. The van der Waals surface area contributed by atoms with Crippen molar-refractivity contribution in [3.63, 3.8) is 0 Å². The number of amides is 1. The van der Waals surface area contributed by atoms with Gasteiger partial charge in [-0.15, -0.1) is 11.3 Å². The summed E-state index contributed by atoms with van der Waals surface area (Å²) in [6.45, 7) is 3.54. The van der Waals surface area contributed by atoms with E-state index in [1.807, 2.05) is 31.2 Å². The minimum atomic E-state index is -0.753. The second-order valence-corrected chi connectivity index (χ2v) is 7.58. The molecule has 0 radical (unpaired) electrons. The average Bonchev–Trinajstić information content (AvgIpc) is 3.11. The quantitative estimate of drug-likeness (QED) is 0.566. The number of ether oxygens (including phenoxy) is 1. The van der Waals surface area contributed by atoms with E-state index in [1.165, 1.54) is 4.68 Å². The predicted octanol–water partition coefficient (Wildman–Crippen LogP) is 4.13. The third-order valence-corrected chi connectivity index (χ3v) is 5.99. The first kappa shape index (κ1) is 18.2. The number of benzene rings is 2. The van der Waals surface area contributed by atoms with E-state index in [-0.39, 0.29) is 11.5 Å². The zero-order valence-electron chi connectivity index (χ0n) is 15.7. The molecule has 0 spiro atoms. The first-order chi connectivity index (χ1) is 13.5. The Hall–Kier alpha value is -3.19. The van der Waals surface area contributed by atoms with E-state index in [2.05, 4.69) is 10.4 Å². The summed E-state index contributed by atoms with van der Waals surface area (Å²) in [4.78, 5) is 25.9. The van der Waals surface area contributed by atoms with Crippen LogP contribution in [0.15, 0.2) is 53.3 Å². The molecule has 1 N–H and O–H groups in total. The lowest BCUT2D eigenvalue weighted by atomic mass is 10.2. The number of aromatic nitrogens is 2. The van der Waals surface area contributed by atoms with Crippen LogP contribution >= 0.6 is 11.3 Å². The predicted molar refractivity (Wildman–Crippen MR) is 112 cm³/mol. The summed E-state index contributed by atoms with van der Waals surface area (Å²) in [5, 5.41) is 8.77. The van der Waals surface area contributed by atoms with Gasteiger partial charge in [-0.1, -0.05) is 18.2 Å². The Kier molecular flexibility index (Phi) is 4.60. The number of carbonyl (C=O) groups excluding carboxylic acids is 1. The maximum Gasteiger partial charge on any atom is 0.276 e. The SMILES string of the molecule is COc1ccc(NC(=O)C(C)n2nc(C)c3sc4ccccc4c3c2=O)cc1. The molecule has 0 saturated heterocycles. The van der Waals surface area contributed by atoms with Gasteiger partial charge < -0.3 is 10.1 Å². The first-order valence-electron chi connectivity index (χ1n) is 8.85. The van der Waals surface area contributed by atoms with Crippen molar-refractivity contribution < 1.29 is 9.53 Å². The summed E-state index contributed by atoms with van der Waals surface area (Å²) in [5.74, 6) is 0.396. The van der Waals surface area contributed by atoms with E-state index in [0.29, 0.717) is 16.8 Å². The van der Waals surface area contributed by atoms with Crippen molar-refractivity contribution in [2.45, 2.75) is 19.9 Å². The summed E-state index contributed by atoms with van der Waals surface area (Å²) < 4.78 is 8.30. The third kappa shape index (κ3) is 3.03. The van der Waals surface area contributed by atoms with Crippen LogP contribution in [0.3, 0.4) is 0 Å². The van der Waals surface area contributed by atoms with Crippen molar-refractivity contribution >= 4 is 43.1 Å². The van der Waals surface area contributed by atoms with Crippen molar-refractivity contribution in [3.05, 3.63) is 64.6 Å². The number of hydrogen-bond acceptors (Lipinski definition) is 5. The molecule has 0 bridgehead atoms. The fourth-order valence-electron chi connectivity index (χ4n) is 3.17. The smallest absolute Gasteiger partial charge is 0.276 e. The highest BCUT2D eigenvalue weighted by molar-refractivity contribution is 7.26. The highest BCUT2D eigenvalue weighted by atomic mass is 32.1. The van der Waals surface area contributed by atoms with E-state index >= 15 is 0 Å². The van der Waals surface area contributed by atoms with Crippen LogP contribution in [0, 0.1) is 6.92 Å². The zero-order valence-corrected chi connectivity index (χ0v) is 16.5. The largest absolute Gasteiger partial charge is 0.497 e. The van der Waals surface area contributed by atoms with Gasteiger partial charge in [0, 0.05) is 15.8 Å². The van der Waals surface area contributed by atoms with E-state index in [4.69, 9.17) is 4.74 Å². The van der Waals surface area contributed by atoms with Crippen LogP contribution in [0.2, 0.25) is 0 Å². The Balaban J connectivity index is 1.73. The molecule has 2 heterocycles. The lowest BCUT2D eigenvalue weighted by Gasteiger charge is -2.15. The monoisotopic (exact) mass is 393 g/mol. The maximum atomic E-state index is 13.1. The number of thiophene rings is 1. The Labute approximate surface area is 165 Å². The van der Waals surface area contributed by atoms with Gasteiger partial charge in [-0.2, -0.15) is 5.10 Å². The molecule has 142 valence electrons. The van der Waals surface area contributed by atoms with Gasteiger partial charge in [-0.3, -0.25) is 9.59 Å². The molecule has 4 rings (SSSR count). The van der Waals surface area contributed by atoms with Gasteiger partial charge in [0.25, 0.3) is 5.56 Å². The van der Waals surface area contributed by atoms with E-state index < -0.39 is 6.04 Å². The molecule has 0 aliphatic carbocycles. The zero-order chi connectivity index (χ0) is 19.8. The Morgan fingerprint density at radius 2 is 1.89 bits per heavy atom. The second kappa shape index (κ2) is 7.09. The van der Waals surface area contributed by atoms with E-state index in [1.54, 1.807) is 49.6 Å². The summed E-state index contributed by atoms with van der Waals surface area (Å²) in [5.41, 5.74) is 1.11. The van der Waals surface area contributed by atoms with Gasteiger partial charge in [0.05, 0.1) is 22.9 Å². The molecule has 2 aromatic carbocycles. The number of nitrogens with zero attached hydrogens (tertiary/aromatic N) is 2. The van der Waals surface area contributed by atoms with Crippen LogP contribution in [0.4, 0.5) is 5.69 Å². The lowest BCUT2D eigenvalue weighted by molar-refractivity contribution is -0.119. The molecule has 2 aromatic heterocycles. The fourth-order valence-corrected chi connectivity index (χ4v) is 4.31. The van der Waals surface area contributed by atoms with Crippen LogP contribution < -0.4 is 15.6 Å². The first-order valence-corrected chi connectivity index (χ1v) is 9.67. The Morgan fingerprint density at radius 1 is 1.18 bits per heavy atom. The molecule has 0 aliphatic heterocycles. The van der Waals surface area contributed by atoms with E-state index in [9.17, 15) is 9.59 Å². The number of rotatable bonds is 4. The molecule has 4 aromatic rings.